The number of likely N-dealkylation sites (N-methyl/N-ethyl adjacent to an activating group) is 1. The molecule has 0 atom stereocenters. The van der Waals surface area contributed by atoms with E-state index in [0.717, 1.165) is 17.7 Å². The third-order valence-corrected chi connectivity index (χ3v) is 2.50. The SMILES string of the molecule is COc1ccc(CCN(C)C#N)c(Cl)c1. The van der Waals surface area contributed by atoms with Crippen molar-refractivity contribution in [1.82, 2.24) is 4.90 Å². The zero-order valence-electron chi connectivity index (χ0n) is 8.83. The van der Waals surface area contributed by atoms with Crippen LogP contribution >= 0.6 is 11.6 Å². The molecule has 0 aliphatic heterocycles. The van der Waals surface area contributed by atoms with Gasteiger partial charge >= 0.3 is 0 Å². The number of methoxy groups -OCH3 is 1. The zero-order chi connectivity index (χ0) is 11.3. The smallest absolute Gasteiger partial charge is 0.179 e. The average molecular weight is 225 g/mol. The monoisotopic (exact) mass is 224 g/mol. The van der Waals surface area contributed by atoms with E-state index in [1.54, 1.807) is 25.1 Å². The lowest BCUT2D eigenvalue weighted by molar-refractivity contribution is 0.414. The molecule has 0 aliphatic carbocycles. The summed E-state index contributed by atoms with van der Waals surface area (Å²) in [5.74, 6) is 0.748. The van der Waals surface area contributed by atoms with Crippen molar-refractivity contribution in [2.24, 2.45) is 0 Å². The van der Waals surface area contributed by atoms with Crippen LogP contribution in [0.4, 0.5) is 0 Å². The van der Waals surface area contributed by atoms with Crippen molar-refractivity contribution in [3.05, 3.63) is 28.8 Å². The Balaban J connectivity index is 2.67. The van der Waals surface area contributed by atoms with Crippen molar-refractivity contribution in [1.29, 1.82) is 5.26 Å². The molecule has 0 unspecified atom stereocenters. The summed E-state index contributed by atoms with van der Waals surface area (Å²) in [5, 5.41) is 9.27. The first-order valence-corrected chi connectivity index (χ1v) is 4.98. The van der Waals surface area contributed by atoms with E-state index in [2.05, 4.69) is 0 Å². The summed E-state index contributed by atoms with van der Waals surface area (Å²) < 4.78 is 5.05. The molecule has 0 N–H and O–H groups in total. The average Bonchev–Trinajstić information content (AvgIpc) is 2.26. The number of rotatable bonds is 4. The van der Waals surface area contributed by atoms with E-state index < -0.39 is 0 Å². The van der Waals surface area contributed by atoms with E-state index in [1.807, 2.05) is 18.3 Å². The van der Waals surface area contributed by atoms with Crippen LogP contribution < -0.4 is 4.74 Å². The fraction of sp³-hybridized carbons (Fsp3) is 0.364. The van der Waals surface area contributed by atoms with Crippen LogP contribution in [0.1, 0.15) is 5.56 Å². The highest BCUT2D eigenvalue weighted by atomic mass is 35.5. The molecule has 0 radical (unpaired) electrons. The van der Waals surface area contributed by atoms with E-state index in [1.165, 1.54) is 0 Å². The Hall–Kier alpha value is -1.40. The summed E-state index contributed by atoms with van der Waals surface area (Å²) in [4.78, 5) is 1.57. The second kappa shape index (κ2) is 5.47. The zero-order valence-corrected chi connectivity index (χ0v) is 9.58. The first-order valence-electron chi connectivity index (χ1n) is 4.60. The van der Waals surface area contributed by atoms with Crippen molar-refractivity contribution in [2.75, 3.05) is 20.7 Å². The van der Waals surface area contributed by atoms with Gasteiger partial charge in [0.05, 0.1) is 7.11 Å². The lowest BCUT2D eigenvalue weighted by atomic mass is 10.1. The van der Waals surface area contributed by atoms with Gasteiger partial charge in [-0.25, -0.2) is 0 Å². The minimum absolute atomic E-state index is 0.669. The van der Waals surface area contributed by atoms with Gasteiger partial charge < -0.3 is 9.64 Å². The Labute approximate surface area is 94.8 Å². The van der Waals surface area contributed by atoms with Crippen LogP contribution in [0.5, 0.6) is 5.75 Å². The van der Waals surface area contributed by atoms with Crippen LogP contribution in [-0.4, -0.2) is 25.6 Å². The Morgan fingerprint density at radius 2 is 2.27 bits per heavy atom. The van der Waals surface area contributed by atoms with Crippen molar-refractivity contribution in [3.63, 3.8) is 0 Å². The number of nitriles is 1. The van der Waals surface area contributed by atoms with E-state index in [-0.39, 0.29) is 0 Å². The first kappa shape index (κ1) is 11.7. The summed E-state index contributed by atoms with van der Waals surface area (Å²) in [6.45, 7) is 0.669. The molecule has 0 aromatic heterocycles. The molecule has 0 saturated heterocycles. The van der Waals surface area contributed by atoms with Crippen molar-refractivity contribution < 1.29 is 4.74 Å². The molecule has 0 bridgehead atoms. The maximum Gasteiger partial charge on any atom is 0.179 e. The molecule has 15 heavy (non-hydrogen) atoms. The highest BCUT2D eigenvalue weighted by Gasteiger charge is 2.03. The van der Waals surface area contributed by atoms with Gasteiger partial charge in [0.2, 0.25) is 0 Å². The fourth-order valence-electron chi connectivity index (χ4n) is 1.20. The molecule has 4 heteroatoms. The first-order chi connectivity index (χ1) is 7.17. The van der Waals surface area contributed by atoms with Gasteiger partial charge in [0.25, 0.3) is 0 Å². The minimum Gasteiger partial charge on any atom is -0.497 e. The maximum absolute atomic E-state index is 8.59. The normalized spacial score (nSPS) is 9.47. The number of benzene rings is 1. The predicted molar refractivity (Wildman–Crippen MR) is 60.0 cm³/mol. The van der Waals surface area contributed by atoms with Crippen LogP contribution in [0.2, 0.25) is 5.02 Å². The Morgan fingerprint density at radius 3 is 2.80 bits per heavy atom. The van der Waals surface area contributed by atoms with Crippen LogP contribution in [0, 0.1) is 11.5 Å². The number of halogens is 1. The molecule has 0 saturated carbocycles. The standard InChI is InChI=1S/C11H13ClN2O/c1-14(8-13)6-5-9-3-4-10(15-2)7-11(9)12/h3-4,7H,5-6H2,1-2H3. The van der Waals surface area contributed by atoms with E-state index in [0.29, 0.717) is 11.6 Å². The molecule has 1 aromatic rings. The third-order valence-electron chi connectivity index (χ3n) is 2.15. The largest absolute Gasteiger partial charge is 0.497 e. The summed E-state index contributed by atoms with van der Waals surface area (Å²) in [6.07, 6.45) is 2.80. The molecule has 1 rings (SSSR count). The van der Waals surface area contributed by atoms with Gasteiger partial charge in [-0.05, 0) is 24.1 Å². The van der Waals surface area contributed by atoms with Gasteiger partial charge in [-0.2, -0.15) is 5.26 Å². The van der Waals surface area contributed by atoms with Crippen LogP contribution in [0.25, 0.3) is 0 Å². The molecular weight excluding hydrogens is 212 g/mol. The lowest BCUT2D eigenvalue weighted by Gasteiger charge is -2.10. The molecule has 3 nitrogen and oxygen atoms in total. The molecule has 80 valence electrons. The lowest BCUT2D eigenvalue weighted by Crippen LogP contribution is -2.14. The van der Waals surface area contributed by atoms with E-state index in [4.69, 9.17) is 21.6 Å². The minimum atomic E-state index is 0.669. The van der Waals surface area contributed by atoms with Gasteiger partial charge in [-0.15, -0.1) is 0 Å². The van der Waals surface area contributed by atoms with Gasteiger partial charge in [-0.1, -0.05) is 17.7 Å². The summed E-state index contributed by atoms with van der Waals surface area (Å²) in [7, 11) is 3.35. The molecule has 0 fully saturated rings. The second-order valence-electron chi connectivity index (χ2n) is 3.23. The fourth-order valence-corrected chi connectivity index (χ4v) is 1.46. The quantitative estimate of drug-likeness (QED) is 0.582. The van der Waals surface area contributed by atoms with E-state index in [9.17, 15) is 0 Å². The van der Waals surface area contributed by atoms with Crippen LogP contribution in [-0.2, 0) is 6.42 Å². The Morgan fingerprint density at radius 1 is 1.53 bits per heavy atom. The number of hydrogen-bond acceptors (Lipinski definition) is 3. The number of ether oxygens (including phenoxy) is 1. The number of nitrogens with zero attached hydrogens (tertiary/aromatic N) is 2. The summed E-state index contributed by atoms with van der Waals surface area (Å²) in [5.41, 5.74) is 1.03. The molecule has 0 heterocycles. The molecule has 1 aromatic carbocycles. The molecule has 0 spiro atoms. The number of hydrogen-bond donors (Lipinski definition) is 0. The van der Waals surface area contributed by atoms with Gasteiger partial charge in [-0.3, -0.25) is 0 Å². The van der Waals surface area contributed by atoms with Crippen molar-refractivity contribution in [3.8, 4) is 11.9 Å². The molecular formula is C11H13ClN2O. The van der Waals surface area contributed by atoms with Crippen LogP contribution in [0.3, 0.4) is 0 Å². The molecule has 0 aliphatic rings. The van der Waals surface area contributed by atoms with Gasteiger partial charge in [0.1, 0.15) is 5.75 Å². The van der Waals surface area contributed by atoms with E-state index >= 15 is 0 Å². The van der Waals surface area contributed by atoms with Crippen molar-refractivity contribution in [2.45, 2.75) is 6.42 Å². The van der Waals surface area contributed by atoms with Crippen LogP contribution in [0.15, 0.2) is 18.2 Å². The third kappa shape index (κ3) is 3.34. The second-order valence-corrected chi connectivity index (χ2v) is 3.64. The predicted octanol–water partition coefficient (Wildman–Crippen LogP) is 2.30. The summed E-state index contributed by atoms with van der Waals surface area (Å²) in [6, 6.07) is 5.57. The Kier molecular flexibility index (Phi) is 4.26. The Bertz CT molecular complexity index is 373. The molecule has 0 amide bonds. The highest BCUT2D eigenvalue weighted by molar-refractivity contribution is 6.31. The van der Waals surface area contributed by atoms with Gasteiger partial charge in [0, 0.05) is 18.6 Å². The van der Waals surface area contributed by atoms with Crippen molar-refractivity contribution >= 4 is 11.6 Å². The summed E-state index contributed by atoms with van der Waals surface area (Å²) >= 11 is 6.05. The highest BCUT2D eigenvalue weighted by Crippen LogP contribution is 2.22. The topological polar surface area (TPSA) is 36.3 Å². The van der Waals surface area contributed by atoms with Gasteiger partial charge in [0.15, 0.2) is 6.19 Å². The maximum atomic E-state index is 8.59.